The SMILES string of the molecule is C[C@@H](NC(=O)CN1C(=O)N[C@](C)(Cc2ccc3c(c2)OCO3)C1=O)c1ccccc1. The van der Waals surface area contributed by atoms with Crippen LogP contribution < -0.4 is 20.1 Å². The Morgan fingerprint density at radius 3 is 2.67 bits per heavy atom. The number of ether oxygens (including phenoxy) is 2. The van der Waals surface area contributed by atoms with Crippen molar-refractivity contribution >= 4 is 17.8 Å². The third kappa shape index (κ3) is 3.80. The number of carbonyl (C=O) groups excluding carboxylic acids is 3. The number of benzene rings is 2. The summed E-state index contributed by atoms with van der Waals surface area (Å²) in [6.07, 6.45) is 0.271. The molecule has 156 valence electrons. The van der Waals surface area contributed by atoms with Gasteiger partial charge in [0.05, 0.1) is 6.04 Å². The van der Waals surface area contributed by atoms with E-state index in [1.54, 1.807) is 19.1 Å². The summed E-state index contributed by atoms with van der Waals surface area (Å²) in [4.78, 5) is 38.8. The van der Waals surface area contributed by atoms with Crippen molar-refractivity contribution in [3.05, 3.63) is 59.7 Å². The molecule has 0 spiro atoms. The number of carbonyl (C=O) groups is 3. The fourth-order valence-corrected chi connectivity index (χ4v) is 3.73. The minimum Gasteiger partial charge on any atom is -0.454 e. The van der Waals surface area contributed by atoms with E-state index in [1.807, 2.05) is 43.3 Å². The minimum absolute atomic E-state index is 0.163. The smallest absolute Gasteiger partial charge is 0.325 e. The van der Waals surface area contributed by atoms with Crippen LogP contribution in [-0.2, 0) is 16.0 Å². The lowest BCUT2D eigenvalue weighted by molar-refractivity contribution is -0.134. The van der Waals surface area contributed by atoms with Crippen LogP contribution >= 0.6 is 0 Å². The Balaban J connectivity index is 1.41. The zero-order chi connectivity index (χ0) is 21.3. The molecule has 2 heterocycles. The van der Waals surface area contributed by atoms with Crippen molar-refractivity contribution in [3.63, 3.8) is 0 Å². The summed E-state index contributed by atoms with van der Waals surface area (Å²) in [5.74, 6) is 0.422. The van der Waals surface area contributed by atoms with E-state index >= 15 is 0 Å². The first-order chi connectivity index (χ1) is 14.4. The van der Waals surface area contributed by atoms with Crippen LogP contribution in [-0.4, -0.2) is 41.6 Å². The van der Waals surface area contributed by atoms with Gasteiger partial charge in [-0.15, -0.1) is 0 Å². The van der Waals surface area contributed by atoms with Crippen LogP contribution in [0.4, 0.5) is 4.79 Å². The van der Waals surface area contributed by atoms with E-state index in [0.29, 0.717) is 11.5 Å². The lowest BCUT2D eigenvalue weighted by Crippen LogP contribution is -2.47. The third-order valence-electron chi connectivity index (χ3n) is 5.32. The van der Waals surface area contributed by atoms with Gasteiger partial charge in [0.15, 0.2) is 11.5 Å². The first-order valence-corrected chi connectivity index (χ1v) is 9.73. The van der Waals surface area contributed by atoms with Crippen molar-refractivity contribution in [1.82, 2.24) is 15.5 Å². The van der Waals surface area contributed by atoms with E-state index in [-0.39, 0.29) is 25.8 Å². The number of imide groups is 1. The van der Waals surface area contributed by atoms with E-state index in [4.69, 9.17) is 9.47 Å². The van der Waals surface area contributed by atoms with Gasteiger partial charge in [0.25, 0.3) is 5.91 Å². The highest BCUT2D eigenvalue weighted by atomic mass is 16.7. The number of urea groups is 1. The van der Waals surface area contributed by atoms with Crippen molar-refractivity contribution in [3.8, 4) is 11.5 Å². The number of rotatable bonds is 6. The zero-order valence-electron chi connectivity index (χ0n) is 16.8. The number of fused-ring (bicyclic) bond motifs is 1. The van der Waals surface area contributed by atoms with Crippen LogP contribution in [0.2, 0.25) is 0 Å². The summed E-state index contributed by atoms with van der Waals surface area (Å²) in [7, 11) is 0. The predicted octanol–water partition coefficient (Wildman–Crippen LogP) is 2.15. The van der Waals surface area contributed by atoms with Gasteiger partial charge in [0.1, 0.15) is 12.1 Å². The molecular weight excluding hydrogens is 386 g/mol. The number of nitrogens with one attached hydrogen (secondary N) is 2. The molecule has 0 saturated carbocycles. The summed E-state index contributed by atoms with van der Waals surface area (Å²) in [5, 5.41) is 5.55. The Labute approximate surface area is 174 Å². The van der Waals surface area contributed by atoms with Crippen molar-refractivity contribution in [2.75, 3.05) is 13.3 Å². The molecule has 8 heteroatoms. The van der Waals surface area contributed by atoms with E-state index in [2.05, 4.69) is 10.6 Å². The highest BCUT2D eigenvalue weighted by Gasteiger charge is 2.48. The van der Waals surface area contributed by atoms with Crippen molar-refractivity contribution in [2.24, 2.45) is 0 Å². The topological polar surface area (TPSA) is 97.0 Å². The summed E-state index contributed by atoms with van der Waals surface area (Å²) in [6, 6.07) is 14.1. The molecule has 2 aromatic carbocycles. The maximum atomic E-state index is 13.0. The second-order valence-electron chi connectivity index (χ2n) is 7.72. The monoisotopic (exact) mass is 409 g/mol. The fraction of sp³-hybridized carbons (Fsp3) is 0.318. The maximum Gasteiger partial charge on any atom is 0.325 e. The number of nitrogens with zero attached hydrogens (tertiary/aromatic N) is 1. The van der Waals surface area contributed by atoms with Gasteiger partial charge in [-0.1, -0.05) is 36.4 Å². The predicted molar refractivity (Wildman–Crippen MR) is 108 cm³/mol. The molecule has 2 aromatic rings. The average Bonchev–Trinajstić information content (AvgIpc) is 3.26. The standard InChI is InChI=1S/C22H23N3O5/c1-14(16-6-4-3-5-7-16)23-19(26)12-25-20(27)22(2,24-21(25)28)11-15-8-9-17-18(10-15)30-13-29-17/h3-10,14H,11-13H2,1-2H3,(H,23,26)(H,24,28)/t14-,22-/m1/s1. The zero-order valence-corrected chi connectivity index (χ0v) is 16.8. The molecule has 30 heavy (non-hydrogen) atoms. The van der Waals surface area contributed by atoms with E-state index in [9.17, 15) is 14.4 Å². The first kappa shape index (κ1) is 19.8. The van der Waals surface area contributed by atoms with Gasteiger partial charge in [0.2, 0.25) is 12.7 Å². The normalized spacial score (nSPS) is 20.8. The minimum atomic E-state index is -1.14. The van der Waals surface area contributed by atoms with Gasteiger partial charge in [-0.3, -0.25) is 14.5 Å². The van der Waals surface area contributed by atoms with Gasteiger partial charge in [-0.25, -0.2) is 4.79 Å². The molecule has 0 aliphatic carbocycles. The molecule has 0 aromatic heterocycles. The fourth-order valence-electron chi connectivity index (χ4n) is 3.73. The quantitative estimate of drug-likeness (QED) is 0.713. The first-order valence-electron chi connectivity index (χ1n) is 9.73. The highest BCUT2D eigenvalue weighted by Crippen LogP contribution is 2.34. The van der Waals surface area contributed by atoms with Gasteiger partial charge in [-0.05, 0) is 37.1 Å². The summed E-state index contributed by atoms with van der Waals surface area (Å²) in [5.41, 5.74) is 0.617. The molecule has 0 bridgehead atoms. The van der Waals surface area contributed by atoms with Gasteiger partial charge in [0, 0.05) is 6.42 Å². The number of hydrogen-bond acceptors (Lipinski definition) is 5. The Morgan fingerprint density at radius 2 is 1.90 bits per heavy atom. The van der Waals surface area contributed by atoms with Crippen LogP contribution in [0, 0.1) is 0 Å². The molecule has 0 unspecified atom stereocenters. The molecule has 2 aliphatic rings. The molecule has 0 radical (unpaired) electrons. The van der Waals surface area contributed by atoms with Gasteiger partial charge in [-0.2, -0.15) is 0 Å². The van der Waals surface area contributed by atoms with E-state index in [0.717, 1.165) is 16.0 Å². The largest absolute Gasteiger partial charge is 0.454 e. The Hall–Kier alpha value is -3.55. The van der Waals surface area contributed by atoms with Crippen LogP contribution in [0.25, 0.3) is 0 Å². The Morgan fingerprint density at radius 1 is 1.17 bits per heavy atom. The number of hydrogen-bond donors (Lipinski definition) is 2. The molecule has 2 aliphatic heterocycles. The van der Waals surface area contributed by atoms with Crippen LogP contribution in [0.5, 0.6) is 11.5 Å². The van der Waals surface area contributed by atoms with Crippen molar-refractivity contribution < 1.29 is 23.9 Å². The average molecular weight is 409 g/mol. The second-order valence-corrected chi connectivity index (χ2v) is 7.72. The molecule has 4 rings (SSSR count). The van der Waals surface area contributed by atoms with Crippen molar-refractivity contribution in [1.29, 1.82) is 0 Å². The maximum absolute atomic E-state index is 13.0. The molecule has 4 amide bonds. The van der Waals surface area contributed by atoms with Gasteiger partial charge >= 0.3 is 6.03 Å². The van der Waals surface area contributed by atoms with Crippen molar-refractivity contribution in [2.45, 2.75) is 31.8 Å². The molecule has 2 atom stereocenters. The molecular formula is C22H23N3O5. The van der Waals surface area contributed by atoms with Crippen LogP contribution in [0.1, 0.15) is 31.0 Å². The lowest BCUT2D eigenvalue weighted by atomic mass is 9.92. The van der Waals surface area contributed by atoms with Crippen LogP contribution in [0.15, 0.2) is 48.5 Å². The molecule has 1 saturated heterocycles. The van der Waals surface area contributed by atoms with E-state index in [1.165, 1.54) is 0 Å². The van der Waals surface area contributed by atoms with Gasteiger partial charge < -0.3 is 20.1 Å². The lowest BCUT2D eigenvalue weighted by Gasteiger charge is -2.22. The number of amides is 4. The second kappa shape index (κ2) is 7.70. The third-order valence-corrected chi connectivity index (χ3v) is 5.32. The highest BCUT2D eigenvalue weighted by molar-refractivity contribution is 6.09. The van der Waals surface area contributed by atoms with Crippen LogP contribution in [0.3, 0.4) is 0 Å². The molecule has 1 fully saturated rings. The molecule has 8 nitrogen and oxygen atoms in total. The Kier molecular flexibility index (Phi) is 5.07. The van der Waals surface area contributed by atoms with E-state index < -0.39 is 23.4 Å². The summed E-state index contributed by atoms with van der Waals surface area (Å²) < 4.78 is 10.7. The summed E-state index contributed by atoms with van der Waals surface area (Å²) >= 11 is 0. The summed E-state index contributed by atoms with van der Waals surface area (Å²) in [6.45, 7) is 3.33. The molecule has 2 N–H and O–H groups in total. The Bertz CT molecular complexity index is 994.